The van der Waals surface area contributed by atoms with Crippen LogP contribution in [0.1, 0.15) is 25.0 Å². The molecule has 1 N–H and O–H groups in total. The molecule has 1 aromatic rings. The van der Waals surface area contributed by atoms with Crippen molar-refractivity contribution >= 4 is 5.69 Å². The first-order valence-electron chi connectivity index (χ1n) is 6.25. The molecule has 0 radical (unpaired) electrons. The molecule has 0 saturated heterocycles. The fraction of sp³-hybridized carbons (Fsp3) is 0.571. The van der Waals surface area contributed by atoms with Crippen LogP contribution in [0.3, 0.4) is 0 Å². The van der Waals surface area contributed by atoms with Crippen molar-refractivity contribution in [3.63, 3.8) is 0 Å². The number of nitrogens with zero attached hydrogens (tertiary/aromatic N) is 2. The van der Waals surface area contributed by atoms with E-state index in [0.717, 1.165) is 25.2 Å². The van der Waals surface area contributed by atoms with E-state index in [9.17, 15) is 9.50 Å². The smallest absolute Gasteiger partial charge is 0.123 e. The van der Waals surface area contributed by atoms with Gasteiger partial charge in [-0.05, 0) is 52.2 Å². The van der Waals surface area contributed by atoms with Crippen LogP contribution in [0.4, 0.5) is 10.1 Å². The summed E-state index contributed by atoms with van der Waals surface area (Å²) in [4.78, 5) is 4.19. The van der Waals surface area contributed by atoms with Crippen LogP contribution in [0, 0.1) is 5.82 Å². The van der Waals surface area contributed by atoms with Gasteiger partial charge in [-0.2, -0.15) is 0 Å². The summed E-state index contributed by atoms with van der Waals surface area (Å²) >= 11 is 0. The van der Waals surface area contributed by atoms with E-state index in [2.05, 4.69) is 9.80 Å². The van der Waals surface area contributed by atoms with Crippen molar-refractivity contribution in [2.24, 2.45) is 0 Å². The van der Waals surface area contributed by atoms with E-state index in [4.69, 9.17) is 0 Å². The Labute approximate surface area is 109 Å². The molecule has 4 heteroatoms. The Morgan fingerprint density at radius 2 is 1.89 bits per heavy atom. The molecule has 0 spiro atoms. The first-order valence-corrected chi connectivity index (χ1v) is 6.25. The van der Waals surface area contributed by atoms with Crippen LogP contribution in [0.25, 0.3) is 0 Å². The Morgan fingerprint density at radius 1 is 1.22 bits per heavy atom. The second-order valence-electron chi connectivity index (χ2n) is 4.96. The van der Waals surface area contributed by atoms with Gasteiger partial charge in [0, 0.05) is 24.8 Å². The van der Waals surface area contributed by atoms with E-state index in [1.807, 2.05) is 21.1 Å². The van der Waals surface area contributed by atoms with E-state index in [1.54, 1.807) is 13.0 Å². The maximum absolute atomic E-state index is 13.2. The Hall–Kier alpha value is -1.13. The molecular formula is C14H23FN2O. The third kappa shape index (κ3) is 4.27. The second kappa shape index (κ2) is 6.71. The summed E-state index contributed by atoms with van der Waals surface area (Å²) in [5.41, 5.74) is 1.53. The average molecular weight is 254 g/mol. The minimum atomic E-state index is -0.660. The van der Waals surface area contributed by atoms with Crippen LogP contribution >= 0.6 is 0 Å². The number of hydrogen-bond donors (Lipinski definition) is 1. The van der Waals surface area contributed by atoms with Crippen molar-refractivity contribution in [1.82, 2.24) is 4.90 Å². The molecule has 0 aromatic heterocycles. The van der Waals surface area contributed by atoms with Crippen LogP contribution in [0.5, 0.6) is 0 Å². The number of aliphatic hydroxyl groups is 1. The van der Waals surface area contributed by atoms with Gasteiger partial charge in [0.2, 0.25) is 0 Å². The lowest BCUT2D eigenvalue weighted by Crippen LogP contribution is -2.24. The second-order valence-corrected chi connectivity index (χ2v) is 4.96. The van der Waals surface area contributed by atoms with Crippen LogP contribution < -0.4 is 4.90 Å². The third-order valence-corrected chi connectivity index (χ3v) is 2.95. The highest BCUT2D eigenvalue weighted by Gasteiger charge is 2.12. The summed E-state index contributed by atoms with van der Waals surface area (Å²) in [5.74, 6) is -0.309. The molecule has 102 valence electrons. The first-order chi connectivity index (χ1) is 8.41. The Balaban J connectivity index is 2.75. The average Bonchev–Trinajstić information content (AvgIpc) is 2.28. The lowest BCUT2D eigenvalue weighted by Gasteiger charge is -2.24. The van der Waals surface area contributed by atoms with Crippen molar-refractivity contribution in [3.8, 4) is 0 Å². The Kier molecular flexibility index (Phi) is 5.56. The SMILES string of the molecule is C[C@@H](O)c1cc(F)ccc1N(C)CCCN(C)C. The Bertz CT molecular complexity index is 380. The van der Waals surface area contributed by atoms with Crippen LogP contribution in [0.2, 0.25) is 0 Å². The van der Waals surface area contributed by atoms with Crippen molar-refractivity contribution in [1.29, 1.82) is 0 Å². The van der Waals surface area contributed by atoms with E-state index < -0.39 is 6.10 Å². The number of rotatable bonds is 6. The highest BCUT2D eigenvalue weighted by Crippen LogP contribution is 2.26. The molecule has 0 aliphatic carbocycles. The summed E-state index contributed by atoms with van der Waals surface area (Å²) in [6, 6.07) is 4.57. The number of aliphatic hydroxyl groups excluding tert-OH is 1. The van der Waals surface area contributed by atoms with Crippen LogP contribution in [-0.2, 0) is 0 Å². The van der Waals surface area contributed by atoms with Gasteiger partial charge >= 0.3 is 0 Å². The zero-order chi connectivity index (χ0) is 13.7. The maximum atomic E-state index is 13.2. The van der Waals surface area contributed by atoms with Gasteiger partial charge in [0.05, 0.1) is 6.10 Å². The van der Waals surface area contributed by atoms with Crippen molar-refractivity contribution in [3.05, 3.63) is 29.6 Å². The molecular weight excluding hydrogens is 231 g/mol. The van der Waals surface area contributed by atoms with E-state index in [-0.39, 0.29) is 5.82 Å². The fourth-order valence-corrected chi connectivity index (χ4v) is 1.95. The molecule has 0 heterocycles. The molecule has 1 rings (SSSR count). The summed E-state index contributed by atoms with van der Waals surface area (Å²) < 4.78 is 13.2. The summed E-state index contributed by atoms with van der Waals surface area (Å²) in [6.07, 6.45) is 0.368. The zero-order valence-electron chi connectivity index (χ0n) is 11.7. The van der Waals surface area contributed by atoms with Gasteiger partial charge in [0.15, 0.2) is 0 Å². The molecule has 1 aromatic carbocycles. The normalized spacial score (nSPS) is 12.8. The van der Waals surface area contributed by atoms with Crippen molar-refractivity contribution in [2.45, 2.75) is 19.4 Å². The maximum Gasteiger partial charge on any atom is 0.123 e. The molecule has 0 aliphatic heterocycles. The molecule has 0 amide bonds. The predicted octanol–water partition coefficient (Wildman–Crippen LogP) is 2.27. The van der Waals surface area contributed by atoms with Crippen LogP contribution in [-0.4, -0.2) is 44.2 Å². The quantitative estimate of drug-likeness (QED) is 0.843. The van der Waals surface area contributed by atoms with Gasteiger partial charge < -0.3 is 14.9 Å². The van der Waals surface area contributed by atoms with Gasteiger partial charge in [-0.15, -0.1) is 0 Å². The molecule has 18 heavy (non-hydrogen) atoms. The van der Waals surface area contributed by atoms with E-state index in [1.165, 1.54) is 12.1 Å². The highest BCUT2D eigenvalue weighted by molar-refractivity contribution is 5.54. The summed E-state index contributed by atoms with van der Waals surface area (Å²) in [5, 5.41) is 9.69. The summed E-state index contributed by atoms with van der Waals surface area (Å²) in [7, 11) is 6.05. The third-order valence-electron chi connectivity index (χ3n) is 2.95. The topological polar surface area (TPSA) is 26.7 Å². The van der Waals surface area contributed by atoms with Crippen LogP contribution in [0.15, 0.2) is 18.2 Å². The summed E-state index contributed by atoms with van der Waals surface area (Å²) in [6.45, 7) is 3.55. The Morgan fingerprint density at radius 3 is 2.44 bits per heavy atom. The lowest BCUT2D eigenvalue weighted by molar-refractivity contribution is 0.199. The molecule has 1 atom stereocenters. The number of halogens is 1. The zero-order valence-corrected chi connectivity index (χ0v) is 11.7. The molecule has 0 unspecified atom stereocenters. The molecule has 3 nitrogen and oxygen atoms in total. The molecule has 0 bridgehead atoms. The van der Waals surface area contributed by atoms with E-state index in [0.29, 0.717) is 5.56 Å². The first kappa shape index (κ1) is 14.9. The van der Waals surface area contributed by atoms with Gasteiger partial charge in [0.1, 0.15) is 5.82 Å². The largest absolute Gasteiger partial charge is 0.389 e. The predicted molar refractivity (Wildman–Crippen MR) is 73.5 cm³/mol. The minimum Gasteiger partial charge on any atom is -0.389 e. The standard InChI is InChI=1S/C14H23FN2O/c1-11(18)13-10-12(15)6-7-14(13)17(4)9-5-8-16(2)3/h6-7,10-11,18H,5,8-9H2,1-4H3/t11-/m1/s1. The number of anilines is 1. The number of hydrogen-bond acceptors (Lipinski definition) is 3. The van der Waals surface area contributed by atoms with Gasteiger partial charge in [0.25, 0.3) is 0 Å². The molecule has 0 saturated carbocycles. The minimum absolute atomic E-state index is 0.309. The van der Waals surface area contributed by atoms with Gasteiger partial charge in [-0.25, -0.2) is 4.39 Å². The fourth-order valence-electron chi connectivity index (χ4n) is 1.95. The van der Waals surface area contributed by atoms with Crippen molar-refractivity contribution in [2.75, 3.05) is 39.1 Å². The van der Waals surface area contributed by atoms with E-state index >= 15 is 0 Å². The molecule has 0 fully saturated rings. The highest BCUT2D eigenvalue weighted by atomic mass is 19.1. The van der Waals surface area contributed by atoms with Crippen molar-refractivity contribution < 1.29 is 9.50 Å². The van der Waals surface area contributed by atoms with Gasteiger partial charge in [-0.3, -0.25) is 0 Å². The number of benzene rings is 1. The monoisotopic (exact) mass is 254 g/mol. The molecule has 0 aliphatic rings. The van der Waals surface area contributed by atoms with Gasteiger partial charge in [-0.1, -0.05) is 0 Å². The lowest BCUT2D eigenvalue weighted by atomic mass is 10.1.